The van der Waals surface area contributed by atoms with Crippen LogP contribution >= 0.6 is 0 Å². The van der Waals surface area contributed by atoms with Crippen LogP contribution in [0.15, 0.2) is 18.2 Å². The molecule has 2 unspecified atom stereocenters. The molecule has 1 saturated heterocycles. The Kier molecular flexibility index (Phi) is 4.31. The van der Waals surface area contributed by atoms with Crippen molar-refractivity contribution in [1.29, 1.82) is 0 Å². The lowest BCUT2D eigenvalue weighted by atomic mass is 10.3. The second-order valence-electron chi connectivity index (χ2n) is 5.98. The van der Waals surface area contributed by atoms with Crippen molar-refractivity contribution in [2.24, 2.45) is 0 Å². The molecule has 0 spiro atoms. The van der Waals surface area contributed by atoms with E-state index in [9.17, 15) is 4.39 Å². The molecule has 6 heteroatoms. The highest BCUT2D eigenvalue weighted by molar-refractivity contribution is 5.76. The summed E-state index contributed by atoms with van der Waals surface area (Å²) in [5.41, 5.74) is 1.75. The first-order chi connectivity index (χ1) is 10.6. The van der Waals surface area contributed by atoms with E-state index in [0.717, 1.165) is 16.8 Å². The number of alkyl halides is 1. The molecule has 1 aromatic heterocycles. The first-order valence-electron chi connectivity index (χ1n) is 7.59. The SMILES string of the molecule is COc1ccc2nc(COC3CN(C(C)C)CC3F)[nH]c2c1. The highest BCUT2D eigenvalue weighted by atomic mass is 19.1. The largest absolute Gasteiger partial charge is 0.497 e. The normalized spacial score (nSPS) is 22.8. The molecule has 0 amide bonds. The number of methoxy groups -OCH3 is 1. The smallest absolute Gasteiger partial charge is 0.140 e. The maximum atomic E-state index is 14.0. The number of hydrogen-bond acceptors (Lipinski definition) is 4. The van der Waals surface area contributed by atoms with E-state index in [1.165, 1.54) is 0 Å². The van der Waals surface area contributed by atoms with Gasteiger partial charge in [0.25, 0.3) is 0 Å². The summed E-state index contributed by atoms with van der Waals surface area (Å²) < 4.78 is 24.9. The van der Waals surface area contributed by atoms with Crippen molar-refractivity contribution >= 4 is 11.0 Å². The molecule has 0 bridgehead atoms. The second kappa shape index (κ2) is 6.22. The zero-order valence-corrected chi connectivity index (χ0v) is 13.2. The standard InChI is InChI=1S/C16H22FN3O2/c1-10(2)20-7-12(17)15(8-20)22-9-16-18-13-5-4-11(21-3)6-14(13)19-16/h4-6,10,12,15H,7-9H2,1-3H3,(H,18,19). The van der Waals surface area contributed by atoms with E-state index in [1.54, 1.807) is 7.11 Å². The van der Waals surface area contributed by atoms with Crippen molar-refractivity contribution in [2.75, 3.05) is 20.2 Å². The number of nitrogens with one attached hydrogen (secondary N) is 1. The fourth-order valence-corrected chi connectivity index (χ4v) is 2.76. The third kappa shape index (κ3) is 3.08. The number of halogens is 1. The summed E-state index contributed by atoms with van der Waals surface area (Å²) in [6.07, 6.45) is -1.32. The average molecular weight is 307 g/mol. The van der Waals surface area contributed by atoms with Gasteiger partial charge >= 0.3 is 0 Å². The number of hydrogen-bond donors (Lipinski definition) is 1. The number of H-pyrrole nitrogens is 1. The maximum absolute atomic E-state index is 14.0. The van der Waals surface area contributed by atoms with E-state index in [2.05, 4.69) is 28.7 Å². The minimum atomic E-state index is -0.938. The van der Waals surface area contributed by atoms with E-state index < -0.39 is 6.17 Å². The fraction of sp³-hybridized carbons (Fsp3) is 0.562. The highest BCUT2D eigenvalue weighted by Gasteiger charge is 2.34. The highest BCUT2D eigenvalue weighted by Crippen LogP contribution is 2.22. The van der Waals surface area contributed by atoms with E-state index in [4.69, 9.17) is 9.47 Å². The van der Waals surface area contributed by atoms with Gasteiger partial charge in [-0.15, -0.1) is 0 Å². The number of fused-ring (bicyclic) bond motifs is 1. The number of benzene rings is 1. The molecule has 2 heterocycles. The van der Waals surface area contributed by atoms with Crippen molar-refractivity contribution in [3.8, 4) is 5.75 Å². The Bertz CT molecular complexity index is 643. The van der Waals surface area contributed by atoms with Crippen LogP contribution in [0.4, 0.5) is 4.39 Å². The van der Waals surface area contributed by atoms with Crippen LogP contribution in [0.3, 0.4) is 0 Å². The van der Waals surface area contributed by atoms with Gasteiger partial charge in [-0.2, -0.15) is 0 Å². The van der Waals surface area contributed by atoms with Gasteiger partial charge in [0.15, 0.2) is 0 Å². The number of likely N-dealkylation sites (tertiary alicyclic amines) is 1. The van der Waals surface area contributed by atoms with Crippen LogP contribution < -0.4 is 4.74 Å². The van der Waals surface area contributed by atoms with Crippen molar-refractivity contribution in [3.63, 3.8) is 0 Å². The average Bonchev–Trinajstić information content (AvgIpc) is 3.07. The fourth-order valence-electron chi connectivity index (χ4n) is 2.76. The number of rotatable bonds is 5. The van der Waals surface area contributed by atoms with Gasteiger partial charge < -0.3 is 14.5 Å². The third-order valence-electron chi connectivity index (χ3n) is 4.13. The van der Waals surface area contributed by atoms with Crippen molar-refractivity contribution in [2.45, 2.75) is 38.8 Å². The maximum Gasteiger partial charge on any atom is 0.140 e. The van der Waals surface area contributed by atoms with Gasteiger partial charge in [-0.25, -0.2) is 9.37 Å². The summed E-state index contributed by atoms with van der Waals surface area (Å²) in [6.45, 7) is 5.50. The Hall–Kier alpha value is -1.66. The molecule has 120 valence electrons. The Morgan fingerprint density at radius 1 is 1.41 bits per heavy atom. The summed E-state index contributed by atoms with van der Waals surface area (Å²) in [5, 5.41) is 0. The molecule has 2 atom stereocenters. The van der Waals surface area contributed by atoms with Crippen LogP contribution in [-0.4, -0.2) is 53.4 Å². The number of aromatic nitrogens is 2. The van der Waals surface area contributed by atoms with E-state index in [1.807, 2.05) is 18.2 Å². The minimum Gasteiger partial charge on any atom is -0.497 e. The summed E-state index contributed by atoms with van der Waals surface area (Å²) in [7, 11) is 1.63. The van der Waals surface area contributed by atoms with Gasteiger partial charge in [0.05, 0.1) is 18.1 Å². The van der Waals surface area contributed by atoms with Crippen molar-refractivity contribution in [3.05, 3.63) is 24.0 Å². The summed E-state index contributed by atoms with van der Waals surface area (Å²) in [6, 6.07) is 5.98. The summed E-state index contributed by atoms with van der Waals surface area (Å²) >= 11 is 0. The van der Waals surface area contributed by atoms with Crippen LogP contribution in [-0.2, 0) is 11.3 Å². The third-order valence-corrected chi connectivity index (χ3v) is 4.13. The predicted molar refractivity (Wildman–Crippen MR) is 82.8 cm³/mol. The minimum absolute atomic E-state index is 0.286. The molecule has 1 aliphatic rings. The molecule has 2 aromatic rings. The predicted octanol–water partition coefficient (Wildman–Crippen LogP) is 2.52. The van der Waals surface area contributed by atoms with Crippen LogP contribution in [0.2, 0.25) is 0 Å². The number of nitrogens with zero attached hydrogens (tertiary/aromatic N) is 2. The molecular formula is C16H22FN3O2. The van der Waals surface area contributed by atoms with Gasteiger partial charge in [-0.1, -0.05) is 0 Å². The Morgan fingerprint density at radius 2 is 2.23 bits per heavy atom. The first kappa shape index (κ1) is 15.2. The van der Waals surface area contributed by atoms with Crippen LogP contribution in [0.1, 0.15) is 19.7 Å². The van der Waals surface area contributed by atoms with E-state index >= 15 is 0 Å². The van der Waals surface area contributed by atoms with Crippen molar-refractivity contribution in [1.82, 2.24) is 14.9 Å². The molecule has 1 N–H and O–H groups in total. The number of aromatic amines is 1. The van der Waals surface area contributed by atoms with Gasteiger partial charge in [-0.05, 0) is 26.0 Å². The number of imidazole rings is 1. The molecular weight excluding hydrogens is 285 g/mol. The molecule has 1 aromatic carbocycles. The molecule has 3 rings (SSSR count). The zero-order valence-electron chi connectivity index (χ0n) is 13.2. The molecule has 22 heavy (non-hydrogen) atoms. The van der Waals surface area contributed by atoms with Gasteiger partial charge in [0, 0.05) is 25.2 Å². The van der Waals surface area contributed by atoms with Crippen molar-refractivity contribution < 1.29 is 13.9 Å². The topological polar surface area (TPSA) is 50.4 Å². The van der Waals surface area contributed by atoms with Gasteiger partial charge in [0.2, 0.25) is 0 Å². The second-order valence-corrected chi connectivity index (χ2v) is 5.98. The van der Waals surface area contributed by atoms with Crippen LogP contribution in [0, 0.1) is 0 Å². The van der Waals surface area contributed by atoms with E-state index in [-0.39, 0.29) is 12.7 Å². The zero-order chi connectivity index (χ0) is 15.7. The number of ether oxygens (including phenoxy) is 2. The van der Waals surface area contributed by atoms with Gasteiger partial charge in [0.1, 0.15) is 30.5 Å². The first-order valence-corrected chi connectivity index (χ1v) is 7.59. The van der Waals surface area contributed by atoms with E-state index in [0.29, 0.717) is 25.0 Å². The lowest BCUT2D eigenvalue weighted by Gasteiger charge is -2.19. The summed E-state index contributed by atoms with van der Waals surface area (Å²) in [5.74, 6) is 1.48. The lowest BCUT2D eigenvalue weighted by molar-refractivity contribution is 0.00814. The molecule has 0 radical (unpaired) electrons. The Labute approximate surface area is 129 Å². The molecule has 0 aliphatic carbocycles. The Morgan fingerprint density at radius 3 is 2.91 bits per heavy atom. The van der Waals surface area contributed by atoms with Crippen LogP contribution in [0.5, 0.6) is 5.75 Å². The molecule has 5 nitrogen and oxygen atoms in total. The monoisotopic (exact) mass is 307 g/mol. The molecule has 1 aliphatic heterocycles. The quantitative estimate of drug-likeness (QED) is 0.922. The molecule has 0 saturated carbocycles. The van der Waals surface area contributed by atoms with Crippen LogP contribution in [0.25, 0.3) is 11.0 Å². The van der Waals surface area contributed by atoms with Gasteiger partial charge in [-0.3, -0.25) is 4.90 Å². The Balaban J connectivity index is 1.64. The lowest BCUT2D eigenvalue weighted by Crippen LogP contribution is -2.29. The summed E-state index contributed by atoms with van der Waals surface area (Å²) in [4.78, 5) is 9.74. The molecule has 1 fully saturated rings.